The molecule has 7 nitrogen and oxygen atoms in total. The summed E-state index contributed by atoms with van der Waals surface area (Å²) in [6.45, 7) is 4.88. The minimum absolute atomic E-state index is 0.175. The molecule has 0 unspecified atom stereocenters. The second-order valence-corrected chi connectivity index (χ2v) is 5.77. The van der Waals surface area contributed by atoms with Crippen molar-refractivity contribution < 1.29 is 19.1 Å². The number of nitrogens with one attached hydrogen (secondary N) is 3. The summed E-state index contributed by atoms with van der Waals surface area (Å²) in [6, 6.07) is 12.1. The summed E-state index contributed by atoms with van der Waals surface area (Å²) in [5, 5.41) is 8.22. The molecule has 0 atom stereocenters. The quantitative estimate of drug-likeness (QED) is 0.623. The van der Waals surface area contributed by atoms with E-state index in [0.717, 1.165) is 5.56 Å². The molecule has 3 N–H and O–H groups in total. The number of methoxy groups -OCH3 is 1. The van der Waals surface area contributed by atoms with Crippen LogP contribution in [-0.4, -0.2) is 38.7 Å². The largest absolute Gasteiger partial charge is 0.493 e. The van der Waals surface area contributed by atoms with E-state index < -0.39 is 0 Å². The topological polar surface area (TPSA) is 88.7 Å². The zero-order valence-corrected chi connectivity index (χ0v) is 15.8. The molecular formula is C20H25N3O4. The smallest absolute Gasteiger partial charge is 0.319 e. The van der Waals surface area contributed by atoms with Gasteiger partial charge in [-0.2, -0.15) is 0 Å². The molecule has 0 aliphatic heterocycles. The Labute approximate surface area is 159 Å². The number of hydrogen-bond acceptors (Lipinski definition) is 4. The highest BCUT2D eigenvalue weighted by molar-refractivity contribution is 5.97. The van der Waals surface area contributed by atoms with E-state index in [4.69, 9.17) is 9.47 Å². The summed E-state index contributed by atoms with van der Waals surface area (Å²) in [5.41, 5.74) is 1.95. The predicted octanol–water partition coefficient (Wildman–Crippen LogP) is 2.95. The minimum atomic E-state index is -0.366. The van der Waals surface area contributed by atoms with Crippen molar-refractivity contribution in [1.29, 1.82) is 0 Å². The second-order valence-electron chi connectivity index (χ2n) is 5.77. The Morgan fingerprint density at radius 2 is 1.78 bits per heavy atom. The van der Waals surface area contributed by atoms with Gasteiger partial charge in [0.25, 0.3) is 5.91 Å². The lowest BCUT2D eigenvalue weighted by Gasteiger charge is -2.13. The number of ether oxygens (including phenoxy) is 2. The average Bonchev–Trinajstić information content (AvgIpc) is 2.67. The fourth-order valence-electron chi connectivity index (χ4n) is 2.39. The molecule has 27 heavy (non-hydrogen) atoms. The van der Waals surface area contributed by atoms with Gasteiger partial charge in [-0.1, -0.05) is 18.2 Å². The Morgan fingerprint density at radius 1 is 1.04 bits per heavy atom. The molecule has 0 heterocycles. The molecule has 0 aliphatic rings. The van der Waals surface area contributed by atoms with Crippen LogP contribution in [0.25, 0.3) is 0 Å². The van der Waals surface area contributed by atoms with Crippen molar-refractivity contribution in [2.45, 2.75) is 13.8 Å². The average molecular weight is 371 g/mol. The Hall–Kier alpha value is -3.22. The van der Waals surface area contributed by atoms with Gasteiger partial charge in [0.2, 0.25) is 0 Å². The van der Waals surface area contributed by atoms with Crippen molar-refractivity contribution >= 4 is 17.6 Å². The zero-order chi connectivity index (χ0) is 19.6. The molecule has 0 fully saturated rings. The van der Waals surface area contributed by atoms with Crippen LogP contribution in [0, 0.1) is 6.92 Å². The first-order chi connectivity index (χ1) is 13.0. The Bertz CT molecular complexity index is 793. The summed E-state index contributed by atoms with van der Waals surface area (Å²) in [7, 11) is 1.57. The van der Waals surface area contributed by atoms with Crippen molar-refractivity contribution in [2.24, 2.45) is 0 Å². The first-order valence-electron chi connectivity index (χ1n) is 8.74. The van der Waals surface area contributed by atoms with Crippen LogP contribution in [0.2, 0.25) is 0 Å². The summed E-state index contributed by atoms with van der Waals surface area (Å²) in [4.78, 5) is 24.0. The van der Waals surface area contributed by atoms with Crippen LogP contribution in [-0.2, 0) is 0 Å². The number of carbonyl (C=O) groups excluding carboxylic acids is 2. The summed E-state index contributed by atoms with van der Waals surface area (Å²) >= 11 is 0. The molecule has 0 bridgehead atoms. The molecule has 0 radical (unpaired) electrons. The fraction of sp³-hybridized carbons (Fsp3) is 0.300. The number of anilines is 1. The predicted molar refractivity (Wildman–Crippen MR) is 105 cm³/mol. The van der Waals surface area contributed by atoms with Crippen molar-refractivity contribution in [2.75, 3.05) is 32.1 Å². The zero-order valence-electron chi connectivity index (χ0n) is 15.8. The van der Waals surface area contributed by atoms with Crippen LogP contribution in [0.3, 0.4) is 0 Å². The summed E-state index contributed by atoms with van der Waals surface area (Å²) in [5.74, 6) is 1.08. The number of rotatable bonds is 8. The molecule has 0 spiro atoms. The third-order valence-corrected chi connectivity index (χ3v) is 3.80. The van der Waals surface area contributed by atoms with Crippen LogP contribution in [0.5, 0.6) is 11.5 Å². The van der Waals surface area contributed by atoms with Gasteiger partial charge in [0.05, 0.1) is 13.7 Å². The lowest BCUT2D eigenvalue weighted by atomic mass is 10.1. The number of aryl methyl sites for hydroxylation is 1. The summed E-state index contributed by atoms with van der Waals surface area (Å²) < 4.78 is 10.8. The van der Waals surface area contributed by atoms with E-state index in [0.29, 0.717) is 42.4 Å². The maximum atomic E-state index is 12.1. The van der Waals surface area contributed by atoms with Crippen LogP contribution in [0.15, 0.2) is 42.5 Å². The lowest BCUT2D eigenvalue weighted by molar-refractivity contribution is 0.0956. The van der Waals surface area contributed by atoms with E-state index in [1.165, 1.54) is 0 Å². The number of hydrogen-bond donors (Lipinski definition) is 3. The third kappa shape index (κ3) is 5.91. The molecule has 2 aromatic carbocycles. The Morgan fingerprint density at radius 3 is 2.48 bits per heavy atom. The van der Waals surface area contributed by atoms with Gasteiger partial charge in [-0.25, -0.2) is 4.79 Å². The molecule has 7 heteroatoms. The normalized spacial score (nSPS) is 10.0. The Kier molecular flexibility index (Phi) is 7.49. The lowest BCUT2D eigenvalue weighted by Crippen LogP contribution is -2.32. The van der Waals surface area contributed by atoms with E-state index >= 15 is 0 Å². The van der Waals surface area contributed by atoms with Gasteiger partial charge >= 0.3 is 6.03 Å². The number of benzene rings is 2. The fourth-order valence-corrected chi connectivity index (χ4v) is 2.39. The van der Waals surface area contributed by atoms with Crippen molar-refractivity contribution in [3.05, 3.63) is 53.6 Å². The SMILES string of the molecule is CCNC(=O)c1ccc(C)c(NC(=O)NCCOc2ccccc2OC)c1. The molecular weight excluding hydrogens is 346 g/mol. The molecule has 3 amide bonds. The van der Waals surface area contributed by atoms with Crippen LogP contribution in [0.1, 0.15) is 22.8 Å². The molecule has 0 aliphatic carbocycles. The van der Waals surface area contributed by atoms with E-state index in [1.807, 2.05) is 26.0 Å². The second kappa shape index (κ2) is 10.1. The van der Waals surface area contributed by atoms with Crippen molar-refractivity contribution in [3.8, 4) is 11.5 Å². The van der Waals surface area contributed by atoms with Gasteiger partial charge in [-0.3, -0.25) is 4.79 Å². The highest BCUT2D eigenvalue weighted by atomic mass is 16.5. The van der Waals surface area contributed by atoms with Gasteiger partial charge in [0.1, 0.15) is 6.61 Å². The van der Waals surface area contributed by atoms with Gasteiger partial charge in [-0.05, 0) is 43.7 Å². The maximum absolute atomic E-state index is 12.1. The van der Waals surface area contributed by atoms with Gasteiger partial charge in [-0.15, -0.1) is 0 Å². The van der Waals surface area contributed by atoms with E-state index in [1.54, 1.807) is 37.4 Å². The molecule has 0 saturated carbocycles. The monoisotopic (exact) mass is 371 g/mol. The van der Waals surface area contributed by atoms with Gasteiger partial charge in [0, 0.05) is 17.8 Å². The number of urea groups is 1. The van der Waals surface area contributed by atoms with Crippen molar-refractivity contribution in [3.63, 3.8) is 0 Å². The van der Waals surface area contributed by atoms with E-state index in [-0.39, 0.29) is 11.9 Å². The molecule has 0 saturated heterocycles. The molecule has 2 aromatic rings. The third-order valence-electron chi connectivity index (χ3n) is 3.80. The standard InChI is InChI=1S/C20H25N3O4/c1-4-21-19(24)15-10-9-14(2)16(13-15)23-20(25)22-11-12-27-18-8-6-5-7-17(18)26-3/h5-10,13H,4,11-12H2,1-3H3,(H,21,24)(H2,22,23,25). The highest BCUT2D eigenvalue weighted by Gasteiger charge is 2.09. The number of carbonyl (C=O) groups is 2. The molecule has 144 valence electrons. The maximum Gasteiger partial charge on any atom is 0.319 e. The molecule has 2 rings (SSSR count). The van der Waals surface area contributed by atoms with E-state index in [9.17, 15) is 9.59 Å². The van der Waals surface area contributed by atoms with Crippen LogP contribution >= 0.6 is 0 Å². The van der Waals surface area contributed by atoms with Crippen LogP contribution in [0.4, 0.5) is 10.5 Å². The van der Waals surface area contributed by atoms with Gasteiger partial charge < -0.3 is 25.4 Å². The Balaban J connectivity index is 1.85. The minimum Gasteiger partial charge on any atom is -0.493 e. The number of amides is 3. The number of para-hydroxylation sites is 2. The highest BCUT2D eigenvalue weighted by Crippen LogP contribution is 2.25. The first kappa shape index (κ1) is 20.1. The van der Waals surface area contributed by atoms with Gasteiger partial charge in [0.15, 0.2) is 11.5 Å². The van der Waals surface area contributed by atoms with E-state index in [2.05, 4.69) is 16.0 Å². The molecule has 0 aromatic heterocycles. The van der Waals surface area contributed by atoms with Crippen LogP contribution < -0.4 is 25.4 Å². The summed E-state index contributed by atoms with van der Waals surface area (Å²) in [6.07, 6.45) is 0. The van der Waals surface area contributed by atoms with Crippen molar-refractivity contribution in [1.82, 2.24) is 10.6 Å². The first-order valence-corrected chi connectivity index (χ1v) is 8.74.